The van der Waals surface area contributed by atoms with Crippen LogP contribution in [0.5, 0.6) is 0 Å². The normalized spacial score (nSPS) is 12.0. The van der Waals surface area contributed by atoms with E-state index < -0.39 is 29.1 Å². The largest absolute Gasteiger partial charge is 0.394 e. The van der Waals surface area contributed by atoms with Crippen molar-refractivity contribution >= 4 is 5.91 Å². The predicted molar refractivity (Wildman–Crippen MR) is 74.8 cm³/mol. The third-order valence-electron chi connectivity index (χ3n) is 3.16. The summed E-state index contributed by atoms with van der Waals surface area (Å²) in [4.78, 5) is 12.0. The van der Waals surface area contributed by atoms with Gasteiger partial charge in [-0.2, -0.15) is 0 Å². The molecular weight excluding hydrogens is 276 g/mol. The fraction of sp³-hybridized carbons (Fsp3) is 0.188. The summed E-state index contributed by atoms with van der Waals surface area (Å²) < 4.78 is 27.1. The molecule has 0 aliphatic heterocycles. The first-order valence-corrected chi connectivity index (χ1v) is 6.45. The van der Waals surface area contributed by atoms with Crippen LogP contribution in [0.25, 0.3) is 0 Å². The molecule has 0 aliphatic rings. The van der Waals surface area contributed by atoms with E-state index in [-0.39, 0.29) is 6.61 Å². The van der Waals surface area contributed by atoms with Crippen molar-refractivity contribution in [3.8, 4) is 0 Å². The molecule has 110 valence electrons. The fourth-order valence-corrected chi connectivity index (χ4v) is 1.98. The number of hydrogen-bond acceptors (Lipinski definition) is 2. The molecule has 2 aromatic rings. The lowest BCUT2D eigenvalue weighted by Gasteiger charge is -2.17. The summed E-state index contributed by atoms with van der Waals surface area (Å²) in [6, 6.07) is 9.63. The molecule has 0 saturated heterocycles. The summed E-state index contributed by atoms with van der Waals surface area (Å²) >= 11 is 0. The highest BCUT2D eigenvalue weighted by Gasteiger charge is 2.20. The Balaban J connectivity index is 2.22. The van der Waals surface area contributed by atoms with E-state index in [9.17, 15) is 18.7 Å². The van der Waals surface area contributed by atoms with Gasteiger partial charge in [0.2, 0.25) is 0 Å². The van der Waals surface area contributed by atoms with Gasteiger partial charge in [-0.15, -0.1) is 0 Å². The molecule has 1 atom stereocenters. The van der Waals surface area contributed by atoms with Crippen LogP contribution in [0.4, 0.5) is 8.78 Å². The lowest BCUT2D eigenvalue weighted by Crippen LogP contribution is -2.32. The van der Waals surface area contributed by atoms with E-state index in [0.29, 0.717) is 5.56 Å². The number of aliphatic hydroxyl groups excluding tert-OH is 1. The average Bonchev–Trinajstić information content (AvgIpc) is 2.45. The number of rotatable bonds is 4. The zero-order valence-electron chi connectivity index (χ0n) is 11.4. The Morgan fingerprint density at radius 1 is 1.14 bits per heavy atom. The minimum absolute atomic E-state index is 0.370. The Bertz CT molecular complexity index is 621. The summed E-state index contributed by atoms with van der Waals surface area (Å²) in [6.45, 7) is 1.54. The third-order valence-corrected chi connectivity index (χ3v) is 3.16. The zero-order valence-corrected chi connectivity index (χ0v) is 11.4. The van der Waals surface area contributed by atoms with Crippen LogP contribution < -0.4 is 5.32 Å². The van der Waals surface area contributed by atoms with E-state index in [2.05, 4.69) is 5.32 Å². The minimum Gasteiger partial charge on any atom is -0.394 e. The van der Waals surface area contributed by atoms with Gasteiger partial charge in [0.1, 0.15) is 17.2 Å². The van der Waals surface area contributed by atoms with Crippen molar-refractivity contribution < 1.29 is 18.7 Å². The third kappa shape index (κ3) is 3.44. The van der Waals surface area contributed by atoms with Crippen LogP contribution in [-0.4, -0.2) is 17.6 Å². The topological polar surface area (TPSA) is 49.3 Å². The van der Waals surface area contributed by atoms with Crippen LogP contribution in [-0.2, 0) is 0 Å². The maximum absolute atomic E-state index is 13.5. The number of nitrogens with one attached hydrogen (secondary N) is 1. The van der Waals surface area contributed by atoms with Crippen molar-refractivity contribution in [3.05, 3.63) is 70.8 Å². The number of aliphatic hydroxyl groups is 1. The standard InChI is InChI=1S/C16H15F2NO2/c1-10-5-7-11(8-6-10)14(9-20)19-16(21)15-12(17)3-2-4-13(15)18/h2-8,14,20H,9H2,1H3,(H,19,21). The Hall–Kier alpha value is -2.27. The molecule has 1 unspecified atom stereocenters. The molecule has 5 heteroatoms. The molecule has 0 bridgehead atoms. The molecule has 0 aromatic heterocycles. The van der Waals surface area contributed by atoms with E-state index >= 15 is 0 Å². The second-order valence-corrected chi connectivity index (χ2v) is 4.72. The van der Waals surface area contributed by atoms with E-state index in [1.807, 2.05) is 19.1 Å². The van der Waals surface area contributed by atoms with Crippen LogP contribution in [0.3, 0.4) is 0 Å². The van der Waals surface area contributed by atoms with Gasteiger partial charge in [0.25, 0.3) is 5.91 Å². The van der Waals surface area contributed by atoms with Gasteiger partial charge in [-0.25, -0.2) is 8.78 Å². The summed E-state index contributed by atoms with van der Waals surface area (Å²) in [7, 11) is 0. The molecule has 0 saturated carbocycles. The Morgan fingerprint density at radius 2 is 1.71 bits per heavy atom. The first-order chi connectivity index (χ1) is 10.0. The Kier molecular flexibility index (Phi) is 4.65. The molecule has 0 radical (unpaired) electrons. The SMILES string of the molecule is Cc1ccc(C(CO)NC(=O)c2c(F)cccc2F)cc1. The van der Waals surface area contributed by atoms with Gasteiger partial charge in [0.15, 0.2) is 0 Å². The first-order valence-electron chi connectivity index (χ1n) is 6.45. The Morgan fingerprint density at radius 3 is 2.24 bits per heavy atom. The van der Waals surface area contributed by atoms with E-state index in [1.54, 1.807) is 12.1 Å². The lowest BCUT2D eigenvalue weighted by molar-refractivity contribution is 0.0907. The first kappa shape index (κ1) is 15.1. The van der Waals surface area contributed by atoms with Gasteiger partial charge in [-0.1, -0.05) is 35.9 Å². The number of carbonyl (C=O) groups excluding carboxylic acids is 1. The summed E-state index contributed by atoms with van der Waals surface area (Å²) in [5.74, 6) is -2.77. The molecule has 0 spiro atoms. The number of hydrogen-bond donors (Lipinski definition) is 2. The number of amides is 1. The lowest BCUT2D eigenvalue weighted by atomic mass is 10.0. The molecule has 2 N–H and O–H groups in total. The van der Waals surface area contributed by atoms with Gasteiger partial charge >= 0.3 is 0 Å². The second-order valence-electron chi connectivity index (χ2n) is 4.72. The van der Waals surface area contributed by atoms with Crippen LogP contribution in [0, 0.1) is 18.6 Å². The van der Waals surface area contributed by atoms with Crippen LogP contribution in [0.2, 0.25) is 0 Å². The summed E-state index contributed by atoms with van der Waals surface area (Å²) in [5.41, 5.74) is 1.04. The summed E-state index contributed by atoms with van der Waals surface area (Å²) in [6.07, 6.45) is 0. The van der Waals surface area contributed by atoms with Crippen molar-refractivity contribution in [2.75, 3.05) is 6.61 Å². The van der Waals surface area contributed by atoms with Gasteiger partial charge < -0.3 is 10.4 Å². The van der Waals surface area contributed by atoms with Gasteiger partial charge in [0.05, 0.1) is 12.6 Å². The van der Waals surface area contributed by atoms with E-state index in [4.69, 9.17) is 0 Å². The molecular formula is C16H15F2NO2. The fourth-order valence-electron chi connectivity index (χ4n) is 1.98. The van der Waals surface area contributed by atoms with Crippen LogP contribution in [0.15, 0.2) is 42.5 Å². The monoisotopic (exact) mass is 291 g/mol. The van der Waals surface area contributed by atoms with Crippen molar-refractivity contribution in [1.29, 1.82) is 0 Å². The highest BCUT2D eigenvalue weighted by Crippen LogP contribution is 2.17. The number of halogens is 2. The van der Waals surface area contributed by atoms with Gasteiger partial charge in [-0.3, -0.25) is 4.79 Å². The molecule has 3 nitrogen and oxygen atoms in total. The van der Waals surface area contributed by atoms with Gasteiger partial charge in [0, 0.05) is 0 Å². The van der Waals surface area contributed by atoms with Crippen molar-refractivity contribution in [3.63, 3.8) is 0 Å². The van der Waals surface area contributed by atoms with Crippen LogP contribution >= 0.6 is 0 Å². The zero-order chi connectivity index (χ0) is 15.4. The van der Waals surface area contributed by atoms with Gasteiger partial charge in [-0.05, 0) is 24.6 Å². The molecule has 2 rings (SSSR count). The number of benzene rings is 2. The maximum Gasteiger partial charge on any atom is 0.257 e. The molecule has 0 heterocycles. The van der Waals surface area contributed by atoms with Crippen molar-refractivity contribution in [2.45, 2.75) is 13.0 Å². The molecule has 21 heavy (non-hydrogen) atoms. The molecule has 0 fully saturated rings. The van der Waals surface area contributed by atoms with Crippen LogP contribution in [0.1, 0.15) is 27.5 Å². The van der Waals surface area contributed by atoms with Crippen molar-refractivity contribution in [2.24, 2.45) is 0 Å². The second kappa shape index (κ2) is 6.45. The van der Waals surface area contributed by atoms with E-state index in [0.717, 1.165) is 17.7 Å². The predicted octanol–water partition coefficient (Wildman–Crippen LogP) is 2.74. The van der Waals surface area contributed by atoms with Crippen molar-refractivity contribution in [1.82, 2.24) is 5.32 Å². The quantitative estimate of drug-likeness (QED) is 0.910. The summed E-state index contributed by atoms with van der Waals surface area (Å²) in [5, 5.41) is 11.8. The highest BCUT2D eigenvalue weighted by atomic mass is 19.1. The minimum atomic E-state index is -0.937. The maximum atomic E-state index is 13.5. The van der Waals surface area contributed by atoms with E-state index in [1.165, 1.54) is 6.07 Å². The smallest absolute Gasteiger partial charge is 0.257 e. The molecule has 0 aliphatic carbocycles. The average molecular weight is 291 g/mol. The number of carbonyl (C=O) groups is 1. The molecule has 2 aromatic carbocycles. The highest BCUT2D eigenvalue weighted by molar-refractivity contribution is 5.95. The number of aryl methyl sites for hydroxylation is 1. The molecule has 1 amide bonds. The Labute approximate surface area is 121 Å².